The quantitative estimate of drug-likeness (QED) is 0.756. The molecule has 0 unspecified atom stereocenters. The van der Waals surface area contributed by atoms with Crippen molar-refractivity contribution in [1.29, 1.82) is 0 Å². The molecule has 0 fully saturated rings. The van der Waals surface area contributed by atoms with Gasteiger partial charge in [0.25, 0.3) is 0 Å². The molecule has 0 amide bonds. The smallest absolute Gasteiger partial charge is 0.244 e. The molecule has 1 N–H and O–H groups in total. The number of halogens is 1. The fraction of sp³-hybridized carbons (Fsp3) is 0.600. The third-order valence-corrected chi connectivity index (χ3v) is 6.58. The molecule has 1 aromatic rings. The summed E-state index contributed by atoms with van der Waals surface area (Å²) in [7, 11) is -1.81. The van der Waals surface area contributed by atoms with Gasteiger partial charge in [-0.05, 0) is 53.0 Å². The minimum absolute atomic E-state index is 0.0309. The predicted octanol–water partition coefficient (Wildman–Crippen LogP) is 3.37. The Morgan fingerprint density at radius 2 is 1.86 bits per heavy atom. The van der Waals surface area contributed by atoms with Crippen molar-refractivity contribution in [3.05, 3.63) is 28.2 Å². The van der Waals surface area contributed by atoms with Gasteiger partial charge in [-0.3, -0.25) is 0 Å². The van der Waals surface area contributed by atoms with Crippen LogP contribution in [0.5, 0.6) is 0 Å². The molecular formula is C15H25BrN2O2S. The first-order valence-corrected chi connectivity index (χ1v) is 9.58. The van der Waals surface area contributed by atoms with Crippen LogP contribution in [0, 0.1) is 0 Å². The Morgan fingerprint density at radius 3 is 2.33 bits per heavy atom. The lowest BCUT2D eigenvalue weighted by Gasteiger charge is -2.26. The van der Waals surface area contributed by atoms with Crippen LogP contribution in [0.15, 0.2) is 27.6 Å². The van der Waals surface area contributed by atoms with Crippen LogP contribution in [0.3, 0.4) is 0 Å². The van der Waals surface area contributed by atoms with Gasteiger partial charge < -0.3 is 5.32 Å². The lowest BCUT2D eigenvalue weighted by Crippen LogP contribution is -2.36. The monoisotopic (exact) mass is 376 g/mol. The molecule has 120 valence electrons. The standard InChI is InChI=1S/C15H25BrN2O2S/c1-5-13(6-2)18(4)21(19,20)15-9-8-12(10-14(15)16)11-17-7-3/h8-10,13,17H,5-7,11H2,1-4H3. The summed E-state index contributed by atoms with van der Waals surface area (Å²) in [6, 6.07) is 5.45. The van der Waals surface area contributed by atoms with Crippen molar-refractivity contribution in [3.8, 4) is 0 Å². The Labute approximate surface area is 137 Å². The molecule has 0 atom stereocenters. The third-order valence-electron chi connectivity index (χ3n) is 3.69. The van der Waals surface area contributed by atoms with Crippen molar-refractivity contribution in [1.82, 2.24) is 9.62 Å². The largest absolute Gasteiger partial charge is 0.313 e. The van der Waals surface area contributed by atoms with Crippen molar-refractivity contribution in [3.63, 3.8) is 0 Å². The van der Waals surface area contributed by atoms with E-state index in [0.29, 0.717) is 9.37 Å². The van der Waals surface area contributed by atoms with E-state index < -0.39 is 10.0 Å². The fourth-order valence-corrected chi connectivity index (χ4v) is 4.87. The fourth-order valence-electron chi connectivity index (χ4n) is 2.29. The second kappa shape index (κ2) is 8.27. The van der Waals surface area contributed by atoms with E-state index in [2.05, 4.69) is 21.2 Å². The summed E-state index contributed by atoms with van der Waals surface area (Å²) in [5.41, 5.74) is 1.06. The van der Waals surface area contributed by atoms with Crippen molar-refractivity contribution in [2.24, 2.45) is 0 Å². The summed E-state index contributed by atoms with van der Waals surface area (Å²) in [5, 5.41) is 3.23. The van der Waals surface area contributed by atoms with Crippen molar-refractivity contribution in [2.45, 2.75) is 51.1 Å². The topological polar surface area (TPSA) is 49.4 Å². The van der Waals surface area contributed by atoms with Crippen molar-refractivity contribution >= 4 is 26.0 Å². The van der Waals surface area contributed by atoms with Gasteiger partial charge in [0.1, 0.15) is 0 Å². The van der Waals surface area contributed by atoms with Gasteiger partial charge in [0.05, 0.1) is 4.90 Å². The highest BCUT2D eigenvalue weighted by molar-refractivity contribution is 9.10. The summed E-state index contributed by atoms with van der Waals surface area (Å²) >= 11 is 3.40. The van der Waals surface area contributed by atoms with Crippen LogP contribution in [0.25, 0.3) is 0 Å². The van der Waals surface area contributed by atoms with Gasteiger partial charge in [0.2, 0.25) is 10.0 Å². The van der Waals surface area contributed by atoms with Crippen LogP contribution in [0.4, 0.5) is 0 Å². The van der Waals surface area contributed by atoms with Crippen LogP contribution in [-0.4, -0.2) is 32.4 Å². The second-order valence-corrected chi connectivity index (χ2v) is 7.86. The average molecular weight is 377 g/mol. The zero-order chi connectivity index (χ0) is 16.0. The molecule has 0 aliphatic heterocycles. The summed E-state index contributed by atoms with van der Waals surface area (Å²) < 4.78 is 27.5. The number of nitrogens with zero attached hydrogens (tertiary/aromatic N) is 1. The molecule has 0 spiro atoms. The van der Waals surface area contributed by atoms with E-state index in [9.17, 15) is 8.42 Å². The highest BCUT2D eigenvalue weighted by atomic mass is 79.9. The normalized spacial score (nSPS) is 12.3. The Balaban J connectivity index is 3.08. The molecule has 4 nitrogen and oxygen atoms in total. The van der Waals surface area contributed by atoms with Crippen molar-refractivity contribution < 1.29 is 8.42 Å². The molecule has 0 heterocycles. The molecule has 0 radical (unpaired) electrons. The van der Waals surface area contributed by atoms with Gasteiger partial charge in [-0.25, -0.2) is 8.42 Å². The SMILES string of the molecule is CCNCc1ccc(S(=O)(=O)N(C)C(CC)CC)c(Br)c1. The minimum Gasteiger partial charge on any atom is -0.313 e. The summed E-state index contributed by atoms with van der Waals surface area (Å²) in [4.78, 5) is 0.331. The molecule has 0 saturated carbocycles. The Bertz CT molecular complexity index is 557. The number of sulfonamides is 1. The Hall–Kier alpha value is -0.430. The van der Waals surface area contributed by atoms with Gasteiger partial charge in [-0.15, -0.1) is 0 Å². The van der Waals surface area contributed by atoms with Crippen LogP contribution in [0.1, 0.15) is 39.2 Å². The first kappa shape index (κ1) is 18.6. The number of benzene rings is 1. The maximum absolute atomic E-state index is 12.7. The van der Waals surface area contributed by atoms with Crippen molar-refractivity contribution in [2.75, 3.05) is 13.6 Å². The molecule has 6 heteroatoms. The van der Waals surface area contributed by atoms with E-state index >= 15 is 0 Å². The number of hydrogen-bond acceptors (Lipinski definition) is 3. The molecule has 0 aliphatic rings. The van der Waals surface area contributed by atoms with Crippen LogP contribution in [-0.2, 0) is 16.6 Å². The molecular weight excluding hydrogens is 352 g/mol. The maximum Gasteiger partial charge on any atom is 0.244 e. The van der Waals surface area contributed by atoms with Gasteiger partial charge in [0.15, 0.2) is 0 Å². The first-order valence-electron chi connectivity index (χ1n) is 7.35. The third kappa shape index (κ3) is 4.52. The van der Waals surface area contributed by atoms with E-state index in [1.165, 1.54) is 4.31 Å². The number of rotatable bonds is 8. The number of hydrogen-bond donors (Lipinski definition) is 1. The van der Waals surface area contributed by atoms with E-state index in [4.69, 9.17) is 0 Å². The molecule has 0 aromatic heterocycles. The summed E-state index contributed by atoms with van der Waals surface area (Å²) in [6.45, 7) is 7.68. The Morgan fingerprint density at radius 1 is 1.24 bits per heavy atom. The molecule has 0 bridgehead atoms. The Kier molecular flexibility index (Phi) is 7.33. The summed E-state index contributed by atoms with van der Waals surface area (Å²) in [5.74, 6) is 0. The van der Waals surface area contributed by atoms with Gasteiger partial charge in [-0.1, -0.05) is 26.8 Å². The predicted molar refractivity (Wildman–Crippen MR) is 90.8 cm³/mol. The maximum atomic E-state index is 12.7. The van der Waals surface area contributed by atoms with E-state index in [1.54, 1.807) is 13.1 Å². The highest BCUT2D eigenvalue weighted by Gasteiger charge is 2.27. The average Bonchev–Trinajstić information content (AvgIpc) is 2.46. The van der Waals surface area contributed by atoms with Gasteiger partial charge in [-0.2, -0.15) is 4.31 Å². The minimum atomic E-state index is -3.46. The van der Waals surface area contributed by atoms with Crippen LogP contribution < -0.4 is 5.32 Å². The molecule has 21 heavy (non-hydrogen) atoms. The van der Waals surface area contributed by atoms with Crippen LogP contribution >= 0.6 is 15.9 Å². The highest BCUT2D eigenvalue weighted by Crippen LogP contribution is 2.27. The second-order valence-electron chi connectivity index (χ2n) is 5.04. The van der Waals surface area contributed by atoms with Gasteiger partial charge >= 0.3 is 0 Å². The summed E-state index contributed by atoms with van der Waals surface area (Å²) in [6.07, 6.45) is 1.62. The van der Waals surface area contributed by atoms with E-state index in [1.807, 2.05) is 32.9 Å². The zero-order valence-electron chi connectivity index (χ0n) is 13.2. The van der Waals surface area contributed by atoms with Gasteiger partial charge in [0, 0.05) is 24.1 Å². The van der Waals surface area contributed by atoms with E-state index in [0.717, 1.165) is 31.5 Å². The zero-order valence-corrected chi connectivity index (χ0v) is 15.6. The lowest BCUT2D eigenvalue weighted by atomic mass is 10.2. The number of nitrogens with one attached hydrogen (secondary N) is 1. The lowest BCUT2D eigenvalue weighted by molar-refractivity contribution is 0.349. The molecule has 1 rings (SSSR count). The molecule has 0 saturated heterocycles. The van der Waals surface area contributed by atoms with E-state index in [-0.39, 0.29) is 6.04 Å². The van der Waals surface area contributed by atoms with Crippen LogP contribution in [0.2, 0.25) is 0 Å². The first-order chi connectivity index (χ1) is 9.88. The molecule has 0 aliphatic carbocycles. The molecule has 1 aromatic carbocycles.